The van der Waals surface area contributed by atoms with Crippen LogP contribution in [0.1, 0.15) is 9.75 Å². The van der Waals surface area contributed by atoms with Crippen molar-refractivity contribution in [2.24, 2.45) is 0 Å². The Kier molecular flexibility index (Phi) is 2.46. The number of nitrogens with zero attached hydrogens (tertiary/aromatic N) is 1. The van der Waals surface area contributed by atoms with Crippen molar-refractivity contribution in [3.8, 4) is 0 Å². The van der Waals surface area contributed by atoms with E-state index in [1.165, 1.54) is 9.75 Å². The van der Waals surface area contributed by atoms with Gasteiger partial charge >= 0.3 is 0 Å². The number of hydrogen-bond acceptors (Lipinski definition) is 2. The Hall–Kier alpha value is -0.340. The second kappa shape index (κ2) is 3.17. The molecule has 0 atom stereocenters. The molecule has 0 N–H and O–H groups in total. The molecule has 0 aliphatic heterocycles. The molecule has 2 heteroatoms. The van der Waals surface area contributed by atoms with Crippen molar-refractivity contribution in [1.82, 2.24) is 4.90 Å². The first-order valence-corrected chi connectivity index (χ1v) is 4.20. The van der Waals surface area contributed by atoms with Gasteiger partial charge < -0.3 is 4.90 Å². The third-order valence-corrected chi connectivity index (χ3v) is 2.25. The Morgan fingerprint density at radius 3 is 2.50 bits per heavy atom. The zero-order valence-corrected chi connectivity index (χ0v) is 7.53. The Bertz CT molecular complexity index is 203. The molecule has 1 nitrogen and oxygen atoms in total. The molecule has 0 aliphatic carbocycles. The van der Waals surface area contributed by atoms with Crippen LogP contribution in [-0.2, 0) is 6.54 Å². The predicted octanol–water partition coefficient (Wildman–Crippen LogP) is 2.12. The van der Waals surface area contributed by atoms with E-state index in [0.29, 0.717) is 0 Å². The molecule has 0 aromatic carbocycles. The lowest BCUT2D eigenvalue weighted by atomic mass is 10.4. The summed E-state index contributed by atoms with van der Waals surface area (Å²) in [6, 6.07) is 4.36. The Morgan fingerprint density at radius 2 is 2.10 bits per heavy atom. The van der Waals surface area contributed by atoms with Gasteiger partial charge in [0.2, 0.25) is 0 Å². The van der Waals surface area contributed by atoms with Crippen LogP contribution in [0.3, 0.4) is 0 Å². The molecular formula is C8H13NS. The monoisotopic (exact) mass is 155 g/mol. The molecule has 0 saturated carbocycles. The summed E-state index contributed by atoms with van der Waals surface area (Å²) in [5.74, 6) is 0. The van der Waals surface area contributed by atoms with Gasteiger partial charge in [0.05, 0.1) is 0 Å². The summed E-state index contributed by atoms with van der Waals surface area (Å²) in [6.07, 6.45) is 0. The number of hydrogen-bond donors (Lipinski definition) is 0. The van der Waals surface area contributed by atoms with Gasteiger partial charge in [-0.25, -0.2) is 0 Å². The molecule has 0 bridgehead atoms. The van der Waals surface area contributed by atoms with Gasteiger partial charge in [-0.05, 0) is 33.2 Å². The molecule has 0 unspecified atom stereocenters. The van der Waals surface area contributed by atoms with Crippen LogP contribution in [0.4, 0.5) is 0 Å². The van der Waals surface area contributed by atoms with Crippen LogP contribution in [-0.4, -0.2) is 19.0 Å². The van der Waals surface area contributed by atoms with E-state index >= 15 is 0 Å². The largest absolute Gasteiger partial charge is 0.304 e. The topological polar surface area (TPSA) is 3.24 Å². The van der Waals surface area contributed by atoms with Crippen molar-refractivity contribution in [2.45, 2.75) is 13.5 Å². The van der Waals surface area contributed by atoms with E-state index in [2.05, 4.69) is 38.1 Å². The van der Waals surface area contributed by atoms with Crippen LogP contribution in [0.2, 0.25) is 0 Å². The van der Waals surface area contributed by atoms with Gasteiger partial charge in [0.25, 0.3) is 0 Å². The van der Waals surface area contributed by atoms with Crippen molar-refractivity contribution >= 4 is 11.3 Å². The first-order chi connectivity index (χ1) is 4.68. The van der Waals surface area contributed by atoms with Crippen LogP contribution in [0, 0.1) is 6.92 Å². The maximum atomic E-state index is 2.19. The summed E-state index contributed by atoms with van der Waals surface area (Å²) in [7, 11) is 4.18. The third kappa shape index (κ3) is 2.12. The number of rotatable bonds is 2. The van der Waals surface area contributed by atoms with Crippen molar-refractivity contribution in [3.63, 3.8) is 0 Å². The van der Waals surface area contributed by atoms with Crippen molar-refractivity contribution in [1.29, 1.82) is 0 Å². The highest BCUT2D eigenvalue weighted by Crippen LogP contribution is 2.15. The maximum Gasteiger partial charge on any atom is 0.0321 e. The smallest absolute Gasteiger partial charge is 0.0321 e. The summed E-state index contributed by atoms with van der Waals surface area (Å²) in [5.41, 5.74) is 0. The molecule has 1 heterocycles. The standard InChI is InChI=1S/C8H13NS/c1-7-4-5-8(10-7)6-9(2)3/h4-5H,6H2,1-3H3. The molecule has 1 rings (SSSR count). The van der Waals surface area contributed by atoms with E-state index in [1.807, 2.05) is 11.3 Å². The highest BCUT2D eigenvalue weighted by molar-refractivity contribution is 7.11. The second-order valence-corrected chi connectivity index (χ2v) is 4.12. The van der Waals surface area contributed by atoms with Crippen molar-refractivity contribution < 1.29 is 0 Å². The first kappa shape index (κ1) is 7.76. The molecule has 56 valence electrons. The zero-order valence-electron chi connectivity index (χ0n) is 6.72. The molecule has 0 saturated heterocycles. The van der Waals surface area contributed by atoms with Crippen molar-refractivity contribution in [2.75, 3.05) is 14.1 Å². The van der Waals surface area contributed by atoms with Gasteiger partial charge in [0.1, 0.15) is 0 Å². The SMILES string of the molecule is Cc1ccc(CN(C)C)s1. The van der Waals surface area contributed by atoms with Crippen molar-refractivity contribution in [3.05, 3.63) is 21.9 Å². The summed E-state index contributed by atoms with van der Waals surface area (Å²) >= 11 is 1.87. The Balaban J connectivity index is 2.58. The molecule has 1 aromatic rings. The third-order valence-electron chi connectivity index (χ3n) is 1.27. The van der Waals surface area contributed by atoms with E-state index in [9.17, 15) is 0 Å². The van der Waals surface area contributed by atoms with E-state index in [-0.39, 0.29) is 0 Å². The highest BCUT2D eigenvalue weighted by Gasteiger charge is 1.96. The molecule has 10 heavy (non-hydrogen) atoms. The minimum absolute atomic E-state index is 1.07. The number of thiophene rings is 1. The summed E-state index contributed by atoms with van der Waals surface area (Å²) < 4.78 is 0. The summed E-state index contributed by atoms with van der Waals surface area (Å²) in [5, 5.41) is 0. The highest BCUT2D eigenvalue weighted by atomic mass is 32.1. The van der Waals surface area contributed by atoms with Crippen LogP contribution in [0.5, 0.6) is 0 Å². The van der Waals surface area contributed by atoms with Crippen LogP contribution >= 0.6 is 11.3 Å². The molecule has 0 radical (unpaired) electrons. The minimum Gasteiger partial charge on any atom is -0.304 e. The van der Waals surface area contributed by atoms with Gasteiger partial charge in [0.15, 0.2) is 0 Å². The van der Waals surface area contributed by atoms with Gasteiger partial charge in [-0.2, -0.15) is 0 Å². The van der Waals surface area contributed by atoms with Crippen LogP contribution in [0.25, 0.3) is 0 Å². The van der Waals surface area contributed by atoms with E-state index in [0.717, 1.165) is 6.54 Å². The quantitative estimate of drug-likeness (QED) is 0.632. The van der Waals surface area contributed by atoms with E-state index < -0.39 is 0 Å². The normalized spacial score (nSPS) is 10.8. The van der Waals surface area contributed by atoms with Crippen LogP contribution < -0.4 is 0 Å². The minimum atomic E-state index is 1.07. The second-order valence-electron chi connectivity index (χ2n) is 2.75. The van der Waals surface area contributed by atoms with Gasteiger partial charge in [-0.3, -0.25) is 0 Å². The number of aryl methyl sites for hydroxylation is 1. The van der Waals surface area contributed by atoms with E-state index in [1.54, 1.807) is 0 Å². The summed E-state index contributed by atoms with van der Waals surface area (Å²) in [4.78, 5) is 5.03. The summed E-state index contributed by atoms with van der Waals surface area (Å²) in [6.45, 7) is 3.21. The zero-order chi connectivity index (χ0) is 7.56. The van der Waals surface area contributed by atoms with Gasteiger partial charge in [-0.1, -0.05) is 0 Å². The first-order valence-electron chi connectivity index (χ1n) is 3.38. The molecule has 0 fully saturated rings. The molecule has 1 aromatic heterocycles. The lowest BCUT2D eigenvalue weighted by molar-refractivity contribution is 0.406. The molecule has 0 amide bonds. The Labute approximate surface area is 66.3 Å². The predicted molar refractivity (Wildman–Crippen MR) is 46.4 cm³/mol. The fraction of sp³-hybridized carbons (Fsp3) is 0.500. The molecular weight excluding hydrogens is 142 g/mol. The average molecular weight is 155 g/mol. The van der Waals surface area contributed by atoms with E-state index in [4.69, 9.17) is 0 Å². The molecule has 0 spiro atoms. The Morgan fingerprint density at radius 1 is 1.40 bits per heavy atom. The van der Waals surface area contributed by atoms with Crippen LogP contribution in [0.15, 0.2) is 12.1 Å². The van der Waals surface area contributed by atoms with Gasteiger partial charge in [-0.15, -0.1) is 11.3 Å². The average Bonchev–Trinajstić information content (AvgIpc) is 2.13. The molecule has 0 aliphatic rings. The lowest BCUT2D eigenvalue weighted by Gasteiger charge is -2.05. The maximum absolute atomic E-state index is 2.19. The fourth-order valence-corrected chi connectivity index (χ4v) is 1.89. The lowest BCUT2D eigenvalue weighted by Crippen LogP contribution is -2.09. The fourth-order valence-electron chi connectivity index (χ4n) is 0.882. The van der Waals surface area contributed by atoms with Gasteiger partial charge in [0, 0.05) is 16.3 Å².